The Morgan fingerprint density at radius 1 is 0.786 bits per heavy atom. The highest BCUT2D eigenvalue weighted by molar-refractivity contribution is 5.77. The van der Waals surface area contributed by atoms with Gasteiger partial charge >= 0.3 is 11.9 Å². The van der Waals surface area contributed by atoms with Gasteiger partial charge in [-0.3, -0.25) is 0 Å². The number of nitrogens with zero attached hydrogens (tertiary/aromatic N) is 2. The van der Waals surface area contributed by atoms with E-state index in [-0.39, 0.29) is 0 Å². The lowest BCUT2D eigenvalue weighted by atomic mass is 10.1. The number of ether oxygens (including phenoxy) is 2. The molecule has 28 heavy (non-hydrogen) atoms. The smallest absolute Gasteiger partial charge is 0.347 e. The molecule has 2 aromatic heterocycles. The van der Waals surface area contributed by atoms with Gasteiger partial charge in [-0.15, -0.1) is 0 Å². The number of hydrogen-bond acceptors (Lipinski definition) is 6. The predicted molar refractivity (Wildman–Crippen MR) is 103 cm³/mol. The molecule has 8 nitrogen and oxygen atoms in total. The largest absolute Gasteiger partial charge is 0.478 e. The molecule has 0 unspecified atom stereocenters. The standard InChI is InChI=1S/2C10H13NO3/c2*1-7-4-5-11-8(6-7)14-10(2,3)9(12)13/h2*4-6H,1-3H3,(H,12,13). The summed E-state index contributed by atoms with van der Waals surface area (Å²) in [6, 6.07) is 7.04. The van der Waals surface area contributed by atoms with Crippen LogP contribution in [0, 0.1) is 13.8 Å². The molecule has 2 aromatic rings. The van der Waals surface area contributed by atoms with Gasteiger partial charge in [0.2, 0.25) is 23.0 Å². The molecule has 2 N–H and O–H groups in total. The highest BCUT2D eigenvalue weighted by Gasteiger charge is 2.30. The van der Waals surface area contributed by atoms with Crippen LogP contribution in [0.25, 0.3) is 0 Å². The Morgan fingerprint density at radius 3 is 1.36 bits per heavy atom. The van der Waals surface area contributed by atoms with E-state index in [4.69, 9.17) is 19.7 Å². The zero-order valence-corrected chi connectivity index (χ0v) is 16.9. The molecule has 0 aliphatic heterocycles. The molecule has 0 saturated heterocycles. The average molecular weight is 390 g/mol. The van der Waals surface area contributed by atoms with Crippen molar-refractivity contribution in [2.45, 2.75) is 52.7 Å². The fraction of sp³-hybridized carbons (Fsp3) is 0.400. The molecule has 0 aliphatic carbocycles. The lowest BCUT2D eigenvalue weighted by molar-refractivity contribution is -0.153. The second-order valence-electron chi connectivity index (χ2n) is 7.18. The number of hydrogen-bond donors (Lipinski definition) is 2. The minimum Gasteiger partial charge on any atom is -0.478 e. The summed E-state index contributed by atoms with van der Waals surface area (Å²) in [5.41, 5.74) is -0.533. The SMILES string of the molecule is Cc1ccnc(OC(C)(C)C(=O)O)c1.Cc1ccnc(OC(C)(C)C(=O)O)c1. The Bertz CT molecular complexity index is 763. The number of carboxylic acid groups (broad SMARTS) is 2. The fourth-order valence-electron chi connectivity index (χ4n) is 1.74. The molecular weight excluding hydrogens is 364 g/mol. The van der Waals surface area contributed by atoms with Crippen molar-refractivity contribution in [3.63, 3.8) is 0 Å². The summed E-state index contributed by atoms with van der Waals surface area (Å²) in [5, 5.41) is 17.6. The van der Waals surface area contributed by atoms with Gasteiger partial charge in [-0.05, 0) is 64.8 Å². The van der Waals surface area contributed by atoms with E-state index in [0.717, 1.165) is 11.1 Å². The maximum Gasteiger partial charge on any atom is 0.347 e. The maximum absolute atomic E-state index is 10.8. The molecule has 0 spiro atoms. The minimum absolute atomic E-state index is 0.331. The maximum atomic E-state index is 10.8. The quantitative estimate of drug-likeness (QED) is 0.771. The van der Waals surface area contributed by atoms with Crippen molar-refractivity contribution in [1.82, 2.24) is 9.97 Å². The summed E-state index contributed by atoms with van der Waals surface area (Å²) in [6.45, 7) is 9.72. The monoisotopic (exact) mass is 390 g/mol. The Morgan fingerprint density at radius 2 is 1.11 bits per heavy atom. The second-order valence-corrected chi connectivity index (χ2v) is 7.18. The molecule has 152 valence electrons. The second kappa shape index (κ2) is 9.16. The van der Waals surface area contributed by atoms with Crippen LogP contribution < -0.4 is 9.47 Å². The van der Waals surface area contributed by atoms with Crippen molar-refractivity contribution in [3.8, 4) is 11.8 Å². The molecule has 8 heteroatoms. The van der Waals surface area contributed by atoms with Crippen molar-refractivity contribution in [2.75, 3.05) is 0 Å². The van der Waals surface area contributed by atoms with Crippen molar-refractivity contribution in [3.05, 3.63) is 47.8 Å². The topological polar surface area (TPSA) is 119 Å². The summed E-state index contributed by atoms with van der Waals surface area (Å²) in [4.78, 5) is 29.4. The van der Waals surface area contributed by atoms with Crippen molar-refractivity contribution in [2.24, 2.45) is 0 Å². The Labute approximate surface area is 164 Å². The van der Waals surface area contributed by atoms with E-state index in [1.165, 1.54) is 27.7 Å². The molecule has 0 bridgehead atoms. The summed E-state index contributed by atoms with van der Waals surface area (Å²) in [7, 11) is 0. The highest BCUT2D eigenvalue weighted by Crippen LogP contribution is 2.17. The molecular formula is C20H26N2O6. The number of carbonyl (C=O) groups is 2. The third-order valence-electron chi connectivity index (χ3n) is 3.53. The zero-order chi connectivity index (χ0) is 21.5. The number of rotatable bonds is 6. The molecule has 2 heterocycles. The summed E-state index contributed by atoms with van der Waals surface area (Å²) < 4.78 is 10.5. The van der Waals surface area contributed by atoms with Crippen LogP contribution in [0.4, 0.5) is 0 Å². The zero-order valence-electron chi connectivity index (χ0n) is 16.9. The molecule has 0 atom stereocenters. The Kier molecular flexibility index (Phi) is 7.49. The first kappa shape index (κ1) is 22.9. The van der Waals surface area contributed by atoms with Gasteiger partial charge < -0.3 is 19.7 Å². The molecule has 0 saturated carbocycles. The summed E-state index contributed by atoms with van der Waals surface area (Å²) in [6.07, 6.45) is 3.17. The number of aliphatic carboxylic acids is 2. The average Bonchev–Trinajstić information content (AvgIpc) is 2.54. The molecule has 2 rings (SSSR count). The van der Waals surface area contributed by atoms with Crippen LogP contribution in [0.5, 0.6) is 11.8 Å². The van der Waals surface area contributed by atoms with Gasteiger partial charge in [-0.1, -0.05) is 0 Å². The van der Waals surface area contributed by atoms with Gasteiger partial charge in [0.25, 0.3) is 0 Å². The summed E-state index contributed by atoms with van der Waals surface area (Å²) in [5.74, 6) is -1.36. The third kappa shape index (κ3) is 7.22. The van der Waals surface area contributed by atoms with Crippen LogP contribution in [-0.4, -0.2) is 43.3 Å². The van der Waals surface area contributed by atoms with Crippen LogP contribution in [0.15, 0.2) is 36.7 Å². The number of aromatic nitrogens is 2. The molecule has 0 radical (unpaired) electrons. The van der Waals surface area contributed by atoms with Crippen LogP contribution in [-0.2, 0) is 9.59 Å². The predicted octanol–water partition coefficient (Wildman–Crippen LogP) is 3.26. The van der Waals surface area contributed by atoms with Gasteiger partial charge in [0, 0.05) is 24.5 Å². The number of pyridine rings is 2. The van der Waals surface area contributed by atoms with Crippen LogP contribution in [0.3, 0.4) is 0 Å². The third-order valence-corrected chi connectivity index (χ3v) is 3.53. The van der Waals surface area contributed by atoms with Crippen molar-refractivity contribution in [1.29, 1.82) is 0 Å². The first-order chi connectivity index (χ1) is 12.8. The van der Waals surface area contributed by atoms with E-state index in [9.17, 15) is 9.59 Å². The molecule has 0 aromatic carbocycles. The van der Waals surface area contributed by atoms with Crippen molar-refractivity contribution >= 4 is 11.9 Å². The van der Waals surface area contributed by atoms with E-state index >= 15 is 0 Å². The van der Waals surface area contributed by atoms with Crippen LogP contribution in [0.1, 0.15) is 38.8 Å². The fourth-order valence-corrected chi connectivity index (χ4v) is 1.74. The number of aryl methyl sites for hydroxylation is 2. The first-order valence-electron chi connectivity index (χ1n) is 8.53. The van der Waals surface area contributed by atoms with Gasteiger partial charge in [0.1, 0.15) is 0 Å². The van der Waals surface area contributed by atoms with Gasteiger partial charge in [-0.25, -0.2) is 19.6 Å². The normalized spacial score (nSPS) is 11.1. The van der Waals surface area contributed by atoms with Crippen LogP contribution >= 0.6 is 0 Å². The molecule has 0 amide bonds. The van der Waals surface area contributed by atoms with Crippen molar-refractivity contribution < 1.29 is 29.3 Å². The van der Waals surface area contributed by atoms with Gasteiger partial charge in [0.15, 0.2) is 0 Å². The molecule has 0 fully saturated rings. The number of carboxylic acids is 2. The van der Waals surface area contributed by atoms with E-state index in [0.29, 0.717) is 11.8 Å². The Hall–Kier alpha value is -3.16. The summed E-state index contributed by atoms with van der Waals surface area (Å²) >= 11 is 0. The first-order valence-corrected chi connectivity index (χ1v) is 8.53. The van der Waals surface area contributed by atoms with E-state index in [1.807, 2.05) is 26.0 Å². The lowest BCUT2D eigenvalue weighted by Gasteiger charge is -2.20. The lowest BCUT2D eigenvalue weighted by Crippen LogP contribution is -2.38. The van der Waals surface area contributed by atoms with E-state index in [1.54, 1.807) is 24.5 Å². The van der Waals surface area contributed by atoms with Gasteiger partial charge in [0.05, 0.1) is 0 Å². The van der Waals surface area contributed by atoms with Crippen LogP contribution in [0.2, 0.25) is 0 Å². The molecule has 0 aliphatic rings. The van der Waals surface area contributed by atoms with E-state index < -0.39 is 23.1 Å². The Balaban J connectivity index is 0.000000280. The van der Waals surface area contributed by atoms with E-state index in [2.05, 4.69) is 9.97 Å². The van der Waals surface area contributed by atoms with Gasteiger partial charge in [-0.2, -0.15) is 0 Å². The highest BCUT2D eigenvalue weighted by atomic mass is 16.5. The minimum atomic E-state index is -1.25.